The first-order valence-corrected chi connectivity index (χ1v) is 7.47. The lowest BCUT2D eigenvalue weighted by Gasteiger charge is -2.30. The highest BCUT2D eigenvalue weighted by Gasteiger charge is 2.57. The highest BCUT2D eigenvalue weighted by molar-refractivity contribution is 5.83. The van der Waals surface area contributed by atoms with E-state index >= 15 is 0 Å². The molecule has 0 N–H and O–H groups in total. The van der Waals surface area contributed by atoms with Crippen molar-refractivity contribution < 1.29 is 41.8 Å². The molecule has 1 rings (SSSR count). The van der Waals surface area contributed by atoms with Crippen molar-refractivity contribution in [2.45, 2.75) is 52.8 Å². The van der Waals surface area contributed by atoms with Gasteiger partial charge in [-0.25, -0.2) is 4.79 Å². The number of halogens is 3. The Labute approximate surface area is 137 Å². The number of ether oxygens (including phenoxy) is 3. The largest absolute Gasteiger partial charge is 0.464 e. The lowest BCUT2D eigenvalue weighted by atomic mass is 9.86. The van der Waals surface area contributed by atoms with Gasteiger partial charge in [0, 0.05) is 6.42 Å². The summed E-state index contributed by atoms with van der Waals surface area (Å²) in [5.74, 6) is -2.99. The van der Waals surface area contributed by atoms with Crippen LogP contribution in [-0.2, 0) is 28.6 Å². The zero-order chi connectivity index (χ0) is 18.8. The van der Waals surface area contributed by atoms with E-state index in [-0.39, 0.29) is 13.0 Å². The molecule has 1 heterocycles. The van der Waals surface area contributed by atoms with Crippen LogP contribution in [0.25, 0.3) is 0 Å². The molecular formula is C15H21F3O6. The van der Waals surface area contributed by atoms with Crippen molar-refractivity contribution in [3.8, 4) is 0 Å². The zero-order valence-corrected chi connectivity index (χ0v) is 14.0. The number of hydrogen-bond donors (Lipinski definition) is 0. The van der Waals surface area contributed by atoms with E-state index in [0.717, 1.165) is 6.92 Å². The first-order chi connectivity index (χ1) is 10.8. The van der Waals surface area contributed by atoms with Gasteiger partial charge in [-0.15, -0.1) is 0 Å². The minimum absolute atomic E-state index is 0.132. The van der Waals surface area contributed by atoms with Crippen molar-refractivity contribution in [1.29, 1.82) is 0 Å². The SMILES string of the molecule is CCC(C)(C(=O)OCC(C)(C)C(=O)OC1CCOC1=O)C(F)(F)F. The number of cyclic esters (lactones) is 1. The Balaban J connectivity index is 2.68. The molecular weight excluding hydrogens is 333 g/mol. The second-order valence-corrected chi connectivity index (χ2v) is 6.49. The van der Waals surface area contributed by atoms with Gasteiger partial charge in [0.15, 0.2) is 5.41 Å². The van der Waals surface area contributed by atoms with Gasteiger partial charge in [-0.3, -0.25) is 9.59 Å². The molecule has 2 atom stereocenters. The second kappa shape index (κ2) is 6.98. The number of carbonyl (C=O) groups is 3. The Morgan fingerprint density at radius 3 is 2.21 bits per heavy atom. The van der Waals surface area contributed by atoms with E-state index in [4.69, 9.17) is 9.47 Å². The molecule has 0 aromatic heterocycles. The van der Waals surface area contributed by atoms with Gasteiger partial charge in [-0.2, -0.15) is 13.2 Å². The maximum atomic E-state index is 13.0. The van der Waals surface area contributed by atoms with Crippen LogP contribution < -0.4 is 0 Å². The number of carbonyl (C=O) groups excluding carboxylic acids is 3. The van der Waals surface area contributed by atoms with Crippen molar-refractivity contribution in [2.24, 2.45) is 10.8 Å². The van der Waals surface area contributed by atoms with Crippen LogP contribution in [-0.4, -0.2) is 43.4 Å². The molecule has 9 heteroatoms. The molecule has 138 valence electrons. The van der Waals surface area contributed by atoms with Crippen LogP contribution in [0.5, 0.6) is 0 Å². The van der Waals surface area contributed by atoms with Gasteiger partial charge in [0.25, 0.3) is 0 Å². The van der Waals surface area contributed by atoms with Gasteiger partial charge >= 0.3 is 24.1 Å². The van der Waals surface area contributed by atoms with Crippen molar-refractivity contribution in [3.05, 3.63) is 0 Å². The van der Waals surface area contributed by atoms with Crippen LogP contribution in [0.2, 0.25) is 0 Å². The second-order valence-electron chi connectivity index (χ2n) is 6.49. The van der Waals surface area contributed by atoms with Crippen LogP contribution in [0, 0.1) is 10.8 Å². The van der Waals surface area contributed by atoms with Crippen molar-refractivity contribution in [3.63, 3.8) is 0 Å². The number of hydrogen-bond acceptors (Lipinski definition) is 6. The Bertz CT molecular complexity index is 514. The summed E-state index contributed by atoms with van der Waals surface area (Å²) in [5, 5.41) is 0. The first kappa shape index (κ1) is 20.2. The third-order valence-electron chi connectivity index (χ3n) is 4.04. The smallest absolute Gasteiger partial charge is 0.404 e. The van der Waals surface area contributed by atoms with Gasteiger partial charge in [-0.05, 0) is 27.2 Å². The maximum Gasteiger partial charge on any atom is 0.404 e. The predicted octanol–water partition coefficient (Wildman–Crippen LogP) is 2.39. The monoisotopic (exact) mass is 354 g/mol. The molecule has 6 nitrogen and oxygen atoms in total. The van der Waals surface area contributed by atoms with Crippen LogP contribution >= 0.6 is 0 Å². The molecule has 24 heavy (non-hydrogen) atoms. The quantitative estimate of drug-likeness (QED) is 0.538. The molecule has 0 bridgehead atoms. The zero-order valence-electron chi connectivity index (χ0n) is 14.0. The van der Waals surface area contributed by atoms with Crippen molar-refractivity contribution in [2.75, 3.05) is 13.2 Å². The molecule has 0 saturated carbocycles. The minimum Gasteiger partial charge on any atom is -0.464 e. The first-order valence-electron chi connectivity index (χ1n) is 7.47. The fourth-order valence-electron chi connectivity index (χ4n) is 1.80. The van der Waals surface area contributed by atoms with Gasteiger partial charge in [0.2, 0.25) is 6.10 Å². The lowest BCUT2D eigenvalue weighted by Crippen LogP contribution is -2.45. The summed E-state index contributed by atoms with van der Waals surface area (Å²) in [6, 6.07) is 0. The van der Waals surface area contributed by atoms with Crippen molar-refractivity contribution in [1.82, 2.24) is 0 Å². The molecule has 1 saturated heterocycles. The summed E-state index contributed by atoms with van der Waals surface area (Å²) in [4.78, 5) is 35.2. The average Bonchev–Trinajstić information content (AvgIpc) is 2.87. The van der Waals surface area contributed by atoms with Crippen molar-refractivity contribution >= 4 is 17.9 Å². The Kier molecular flexibility index (Phi) is 5.89. The number of esters is 3. The Hall–Kier alpha value is -1.80. The molecule has 0 aromatic rings. The van der Waals surface area contributed by atoms with Gasteiger partial charge in [-0.1, -0.05) is 6.92 Å². The molecule has 0 aliphatic carbocycles. The highest BCUT2D eigenvalue weighted by atomic mass is 19.4. The van der Waals surface area contributed by atoms with Crippen LogP contribution in [0.1, 0.15) is 40.5 Å². The van der Waals surface area contributed by atoms with E-state index in [2.05, 4.69) is 4.74 Å². The van der Waals surface area contributed by atoms with Crippen LogP contribution in [0.3, 0.4) is 0 Å². The van der Waals surface area contributed by atoms with Gasteiger partial charge in [0.05, 0.1) is 12.0 Å². The molecule has 1 fully saturated rings. The summed E-state index contributed by atoms with van der Waals surface area (Å²) in [7, 11) is 0. The van der Waals surface area contributed by atoms with Crippen LogP contribution in [0.15, 0.2) is 0 Å². The van der Waals surface area contributed by atoms with E-state index in [1.54, 1.807) is 0 Å². The lowest BCUT2D eigenvalue weighted by molar-refractivity contribution is -0.232. The van der Waals surface area contributed by atoms with E-state index < -0.39 is 54.0 Å². The molecule has 0 radical (unpaired) electrons. The Morgan fingerprint density at radius 1 is 1.21 bits per heavy atom. The minimum atomic E-state index is -4.77. The molecule has 0 amide bonds. The standard InChI is InChI=1S/C15H21F3O6/c1-5-14(4,15(16,17)18)12(21)23-8-13(2,3)11(20)24-9-6-7-22-10(9)19/h9H,5-8H2,1-4H3. The third kappa shape index (κ3) is 4.18. The van der Waals surface area contributed by atoms with E-state index in [9.17, 15) is 27.6 Å². The molecule has 1 aliphatic rings. The Morgan fingerprint density at radius 2 is 1.79 bits per heavy atom. The molecule has 2 unspecified atom stereocenters. The van der Waals surface area contributed by atoms with E-state index in [1.165, 1.54) is 20.8 Å². The van der Waals surface area contributed by atoms with Crippen LogP contribution in [0.4, 0.5) is 13.2 Å². The van der Waals surface area contributed by atoms with Gasteiger partial charge < -0.3 is 14.2 Å². The fraction of sp³-hybridized carbons (Fsp3) is 0.800. The summed E-state index contributed by atoms with van der Waals surface area (Å²) < 4.78 is 53.4. The summed E-state index contributed by atoms with van der Waals surface area (Å²) in [6.07, 6.45) is -6.09. The molecule has 0 aromatic carbocycles. The summed E-state index contributed by atoms with van der Waals surface area (Å²) in [6.45, 7) is 4.19. The molecule has 0 spiro atoms. The molecule has 1 aliphatic heterocycles. The summed E-state index contributed by atoms with van der Waals surface area (Å²) >= 11 is 0. The predicted molar refractivity (Wildman–Crippen MR) is 74.6 cm³/mol. The maximum absolute atomic E-state index is 13.0. The normalized spacial score (nSPS) is 21.0. The average molecular weight is 354 g/mol. The highest BCUT2D eigenvalue weighted by Crippen LogP contribution is 2.42. The van der Waals surface area contributed by atoms with E-state index in [0.29, 0.717) is 0 Å². The number of rotatable bonds is 6. The summed E-state index contributed by atoms with van der Waals surface area (Å²) in [5.41, 5.74) is -4.05. The third-order valence-corrected chi connectivity index (χ3v) is 4.04. The topological polar surface area (TPSA) is 78.9 Å². The number of alkyl halides is 3. The van der Waals surface area contributed by atoms with E-state index in [1.807, 2.05) is 0 Å². The van der Waals surface area contributed by atoms with Gasteiger partial charge in [0.1, 0.15) is 6.61 Å². The fourth-order valence-corrected chi connectivity index (χ4v) is 1.80.